The number of hydrogen-bond acceptors (Lipinski definition) is 5. The Balaban J connectivity index is 1.54. The minimum absolute atomic E-state index is 0.188. The zero-order valence-corrected chi connectivity index (χ0v) is 16.9. The number of pyridine rings is 1. The second kappa shape index (κ2) is 9.02. The zero-order chi connectivity index (χ0) is 20.0. The first kappa shape index (κ1) is 20.1. The fourth-order valence-corrected chi connectivity index (χ4v) is 2.88. The molecule has 148 valence electrons. The Morgan fingerprint density at radius 1 is 1.11 bits per heavy atom. The molecule has 1 fully saturated rings. The molecule has 1 saturated heterocycles. The van der Waals surface area contributed by atoms with Gasteiger partial charge < -0.3 is 15.0 Å². The van der Waals surface area contributed by atoms with E-state index in [1.807, 2.05) is 69.5 Å². The van der Waals surface area contributed by atoms with Crippen LogP contribution in [-0.2, 0) is 16.1 Å². The minimum atomic E-state index is -0.476. The lowest BCUT2D eigenvalue weighted by Crippen LogP contribution is -2.43. The molecule has 0 atom stereocenters. The molecule has 1 aromatic heterocycles. The molecule has 0 radical (unpaired) electrons. The van der Waals surface area contributed by atoms with Crippen molar-refractivity contribution in [2.75, 3.05) is 31.1 Å². The van der Waals surface area contributed by atoms with Crippen molar-refractivity contribution in [2.24, 2.45) is 5.41 Å². The van der Waals surface area contributed by atoms with Crippen LogP contribution in [-0.4, -0.2) is 37.1 Å². The third-order valence-corrected chi connectivity index (χ3v) is 4.66. The molecule has 0 unspecified atom stereocenters. The summed E-state index contributed by atoms with van der Waals surface area (Å²) >= 11 is 0. The van der Waals surface area contributed by atoms with Gasteiger partial charge in [-0.25, -0.2) is 0 Å². The second-order valence-corrected chi connectivity index (χ2v) is 8.08. The first-order chi connectivity index (χ1) is 13.4. The van der Waals surface area contributed by atoms with E-state index in [1.165, 1.54) is 5.69 Å². The summed E-state index contributed by atoms with van der Waals surface area (Å²) in [6.07, 6.45) is 5.99. The largest absolute Gasteiger partial charge is 0.460 e. The Morgan fingerprint density at radius 3 is 2.43 bits per heavy atom. The summed E-state index contributed by atoms with van der Waals surface area (Å²) in [6.45, 7) is 9.95. The molecular formula is C23H29N3O2. The molecule has 0 spiro atoms. The van der Waals surface area contributed by atoms with Crippen LogP contribution in [0, 0.1) is 5.41 Å². The van der Waals surface area contributed by atoms with E-state index in [4.69, 9.17) is 4.74 Å². The molecule has 1 aliphatic rings. The van der Waals surface area contributed by atoms with Crippen LogP contribution in [0.15, 0.2) is 42.6 Å². The fraction of sp³-hybridized carbons (Fsp3) is 0.391. The molecule has 0 bridgehead atoms. The van der Waals surface area contributed by atoms with E-state index in [-0.39, 0.29) is 5.97 Å². The predicted molar refractivity (Wildman–Crippen MR) is 114 cm³/mol. The molecule has 3 rings (SSSR count). The number of benzene rings is 1. The summed E-state index contributed by atoms with van der Waals surface area (Å²) in [5.41, 5.74) is 3.69. The van der Waals surface area contributed by atoms with Crippen LogP contribution in [0.25, 0.3) is 12.2 Å². The van der Waals surface area contributed by atoms with E-state index in [0.717, 1.165) is 43.0 Å². The van der Waals surface area contributed by atoms with Crippen molar-refractivity contribution in [3.63, 3.8) is 0 Å². The van der Waals surface area contributed by atoms with E-state index in [9.17, 15) is 4.79 Å². The average molecular weight is 380 g/mol. The van der Waals surface area contributed by atoms with Gasteiger partial charge in [0.15, 0.2) is 0 Å². The number of aromatic nitrogens is 1. The van der Waals surface area contributed by atoms with Gasteiger partial charge in [-0.2, -0.15) is 0 Å². The highest BCUT2D eigenvalue weighted by molar-refractivity contribution is 5.75. The summed E-state index contributed by atoms with van der Waals surface area (Å²) in [6, 6.07) is 12.2. The summed E-state index contributed by atoms with van der Waals surface area (Å²) in [4.78, 5) is 18.7. The average Bonchev–Trinajstić information content (AvgIpc) is 2.71. The van der Waals surface area contributed by atoms with Crippen LogP contribution >= 0.6 is 0 Å². The lowest BCUT2D eigenvalue weighted by molar-refractivity contribution is -0.154. The maximum absolute atomic E-state index is 11.8. The Morgan fingerprint density at radius 2 is 1.82 bits per heavy atom. The van der Waals surface area contributed by atoms with Crippen LogP contribution in [0.1, 0.15) is 37.6 Å². The van der Waals surface area contributed by atoms with Gasteiger partial charge in [0.25, 0.3) is 0 Å². The monoisotopic (exact) mass is 379 g/mol. The van der Waals surface area contributed by atoms with Crippen LogP contribution in [0.2, 0.25) is 0 Å². The number of rotatable bonds is 5. The van der Waals surface area contributed by atoms with Crippen molar-refractivity contribution in [1.82, 2.24) is 10.3 Å². The molecule has 5 heteroatoms. The van der Waals surface area contributed by atoms with Gasteiger partial charge in [0, 0.05) is 26.2 Å². The molecule has 5 nitrogen and oxygen atoms in total. The molecule has 0 aliphatic carbocycles. The number of anilines is 1. The Kier molecular flexibility index (Phi) is 6.47. The van der Waals surface area contributed by atoms with Gasteiger partial charge in [-0.05, 0) is 50.1 Å². The van der Waals surface area contributed by atoms with E-state index in [0.29, 0.717) is 6.61 Å². The van der Waals surface area contributed by atoms with Crippen LogP contribution in [0.3, 0.4) is 0 Å². The standard InChI is InChI=1S/C23H29N3O2/c1-23(2,3)22(27)28-17-19-6-4-18(5-7-19)8-9-20-10-11-21(16-25-20)26-14-12-24-13-15-26/h4-11,16,24H,12-15,17H2,1-3H3. The van der Waals surface area contributed by atoms with Gasteiger partial charge in [-0.15, -0.1) is 0 Å². The minimum Gasteiger partial charge on any atom is -0.460 e. The summed E-state index contributed by atoms with van der Waals surface area (Å²) < 4.78 is 5.35. The summed E-state index contributed by atoms with van der Waals surface area (Å²) in [5, 5.41) is 3.36. The number of carbonyl (C=O) groups is 1. The highest BCUT2D eigenvalue weighted by atomic mass is 16.5. The SMILES string of the molecule is CC(C)(C)C(=O)OCc1ccc(C=Cc2ccc(N3CCNCC3)cn2)cc1. The van der Waals surface area contributed by atoms with Crippen molar-refractivity contribution in [1.29, 1.82) is 0 Å². The molecular weight excluding hydrogens is 350 g/mol. The van der Waals surface area contributed by atoms with Gasteiger partial charge in [0.1, 0.15) is 6.61 Å². The number of carbonyl (C=O) groups excluding carboxylic acids is 1. The number of nitrogens with zero attached hydrogens (tertiary/aromatic N) is 2. The number of ether oxygens (including phenoxy) is 1. The smallest absolute Gasteiger partial charge is 0.311 e. The molecule has 2 heterocycles. The molecule has 1 aromatic carbocycles. The third-order valence-electron chi connectivity index (χ3n) is 4.66. The lowest BCUT2D eigenvalue weighted by atomic mass is 9.97. The molecule has 2 aromatic rings. The molecule has 1 N–H and O–H groups in total. The Bertz CT molecular complexity index is 799. The second-order valence-electron chi connectivity index (χ2n) is 8.08. The first-order valence-electron chi connectivity index (χ1n) is 9.78. The van der Waals surface area contributed by atoms with Crippen molar-refractivity contribution >= 4 is 23.8 Å². The molecule has 0 amide bonds. The topological polar surface area (TPSA) is 54.5 Å². The van der Waals surface area contributed by atoms with E-state index in [2.05, 4.69) is 21.3 Å². The highest BCUT2D eigenvalue weighted by Crippen LogP contribution is 2.18. The maximum Gasteiger partial charge on any atom is 0.311 e. The summed E-state index contributed by atoms with van der Waals surface area (Å²) in [5.74, 6) is -0.188. The van der Waals surface area contributed by atoms with E-state index < -0.39 is 5.41 Å². The molecule has 0 saturated carbocycles. The summed E-state index contributed by atoms with van der Waals surface area (Å²) in [7, 11) is 0. The van der Waals surface area contributed by atoms with Crippen molar-refractivity contribution in [3.05, 3.63) is 59.4 Å². The van der Waals surface area contributed by atoms with E-state index in [1.54, 1.807) is 0 Å². The molecule has 28 heavy (non-hydrogen) atoms. The van der Waals surface area contributed by atoms with Crippen molar-refractivity contribution in [2.45, 2.75) is 27.4 Å². The lowest BCUT2D eigenvalue weighted by Gasteiger charge is -2.29. The maximum atomic E-state index is 11.8. The third kappa shape index (κ3) is 5.67. The fourth-order valence-electron chi connectivity index (χ4n) is 2.88. The number of esters is 1. The van der Waals surface area contributed by atoms with Crippen LogP contribution in [0.5, 0.6) is 0 Å². The number of hydrogen-bond donors (Lipinski definition) is 1. The first-order valence-corrected chi connectivity index (χ1v) is 9.78. The number of nitrogens with one attached hydrogen (secondary N) is 1. The highest BCUT2D eigenvalue weighted by Gasteiger charge is 2.22. The zero-order valence-electron chi connectivity index (χ0n) is 16.9. The number of piperazine rings is 1. The van der Waals surface area contributed by atoms with Gasteiger partial charge in [-0.3, -0.25) is 9.78 Å². The van der Waals surface area contributed by atoms with Gasteiger partial charge in [0.2, 0.25) is 0 Å². The normalized spacial score (nSPS) is 15.0. The van der Waals surface area contributed by atoms with E-state index >= 15 is 0 Å². The van der Waals surface area contributed by atoms with Gasteiger partial charge >= 0.3 is 5.97 Å². The predicted octanol–water partition coefficient (Wildman–Crippen LogP) is 3.75. The Hall–Kier alpha value is -2.66. The van der Waals surface area contributed by atoms with Crippen molar-refractivity contribution in [3.8, 4) is 0 Å². The van der Waals surface area contributed by atoms with Gasteiger partial charge in [0.05, 0.1) is 23.0 Å². The quantitative estimate of drug-likeness (QED) is 0.802. The van der Waals surface area contributed by atoms with Crippen LogP contribution in [0.4, 0.5) is 5.69 Å². The van der Waals surface area contributed by atoms with Crippen molar-refractivity contribution < 1.29 is 9.53 Å². The van der Waals surface area contributed by atoms with Crippen LogP contribution < -0.4 is 10.2 Å². The van der Waals surface area contributed by atoms with Gasteiger partial charge in [-0.1, -0.05) is 30.3 Å². The molecule has 1 aliphatic heterocycles. The Labute approximate surface area is 167 Å².